The van der Waals surface area contributed by atoms with Crippen molar-refractivity contribution in [3.63, 3.8) is 0 Å². The normalized spacial score (nSPS) is 11.9. The number of hydrogen-bond donors (Lipinski definition) is 1. The van der Waals surface area contributed by atoms with Crippen LogP contribution in [-0.2, 0) is 16.1 Å². The summed E-state index contributed by atoms with van der Waals surface area (Å²) in [5.41, 5.74) is 2.18. The van der Waals surface area contributed by atoms with Crippen LogP contribution in [-0.4, -0.2) is 28.4 Å². The van der Waals surface area contributed by atoms with E-state index in [0.717, 1.165) is 17.5 Å². The van der Waals surface area contributed by atoms with E-state index in [1.54, 1.807) is 4.90 Å². The molecule has 1 unspecified atom stereocenters. The fourth-order valence-electron chi connectivity index (χ4n) is 1.83. The van der Waals surface area contributed by atoms with Crippen LogP contribution in [0.3, 0.4) is 0 Å². The number of carbonyl (C=O) groups excluding carboxylic acids is 1. The SMILES string of the molecule is CCCN(Cc1ccc(C)cc1)C(=O)C(C)C(=O)O. The van der Waals surface area contributed by atoms with E-state index in [4.69, 9.17) is 5.11 Å². The van der Waals surface area contributed by atoms with Crippen LogP contribution < -0.4 is 0 Å². The van der Waals surface area contributed by atoms with Crippen molar-refractivity contribution >= 4 is 11.9 Å². The van der Waals surface area contributed by atoms with Gasteiger partial charge in [0.05, 0.1) is 0 Å². The van der Waals surface area contributed by atoms with Gasteiger partial charge in [-0.25, -0.2) is 0 Å². The minimum Gasteiger partial charge on any atom is -0.481 e. The van der Waals surface area contributed by atoms with Crippen molar-refractivity contribution in [2.45, 2.75) is 33.7 Å². The number of benzene rings is 1. The van der Waals surface area contributed by atoms with Gasteiger partial charge in [0.15, 0.2) is 0 Å². The first-order chi connectivity index (χ1) is 8.95. The molecule has 1 N–H and O–H groups in total. The summed E-state index contributed by atoms with van der Waals surface area (Å²) < 4.78 is 0. The van der Waals surface area contributed by atoms with Gasteiger partial charge < -0.3 is 10.0 Å². The Morgan fingerprint density at radius 2 is 1.84 bits per heavy atom. The smallest absolute Gasteiger partial charge is 0.315 e. The summed E-state index contributed by atoms with van der Waals surface area (Å²) in [6.45, 7) is 6.45. The van der Waals surface area contributed by atoms with Crippen molar-refractivity contribution in [3.8, 4) is 0 Å². The van der Waals surface area contributed by atoms with Crippen LogP contribution in [0.15, 0.2) is 24.3 Å². The molecule has 0 spiro atoms. The van der Waals surface area contributed by atoms with E-state index in [2.05, 4.69) is 0 Å². The fourth-order valence-corrected chi connectivity index (χ4v) is 1.83. The van der Waals surface area contributed by atoms with E-state index in [1.807, 2.05) is 38.1 Å². The monoisotopic (exact) mass is 263 g/mol. The highest BCUT2D eigenvalue weighted by Gasteiger charge is 2.25. The molecule has 0 aliphatic carbocycles. The van der Waals surface area contributed by atoms with Crippen molar-refractivity contribution in [2.75, 3.05) is 6.54 Å². The van der Waals surface area contributed by atoms with Crippen molar-refractivity contribution < 1.29 is 14.7 Å². The summed E-state index contributed by atoms with van der Waals surface area (Å²) in [6, 6.07) is 7.92. The minimum atomic E-state index is -1.07. The van der Waals surface area contributed by atoms with Crippen LogP contribution in [0.4, 0.5) is 0 Å². The molecule has 0 radical (unpaired) electrons. The second kappa shape index (κ2) is 6.92. The Balaban J connectivity index is 2.80. The van der Waals surface area contributed by atoms with Crippen molar-refractivity contribution in [3.05, 3.63) is 35.4 Å². The quantitative estimate of drug-likeness (QED) is 0.802. The number of aryl methyl sites for hydroxylation is 1. The lowest BCUT2D eigenvalue weighted by atomic mass is 10.1. The Bertz CT molecular complexity index is 439. The summed E-state index contributed by atoms with van der Waals surface area (Å²) in [4.78, 5) is 24.6. The summed E-state index contributed by atoms with van der Waals surface area (Å²) >= 11 is 0. The molecule has 1 amide bonds. The Morgan fingerprint density at radius 1 is 1.26 bits per heavy atom. The van der Waals surface area contributed by atoms with Gasteiger partial charge in [0.1, 0.15) is 5.92 Å². The lowest BCUT2D eigenvalue weighted by molar-refractivity contribution is -0.150. The first kappa shape index (κ1) is 15.2. The first-order valence-electron chi connectivity index (χ1n) is 6.52. The number of carboxylic acids is 1. The number of carboxylic acid groups (broad SMARTS) is 1. The minimum absolute atomic E-state index is 0.324. The third kappa shape index (κ3) is 4.39. The number of hydrogen-bond acceptors (Lipinski definition) is 2. The van der Waals surface area contributed by atoms with Crippen LogP contribution >= 0.6 is 0 Å². The molecule has 1 aromatic carbocycles. The zero-order valence-electron chi connectivity index (χ0n) is 11.7. The van der Waals surface area contributed by atoms with Gasteiger partial charge in [0.25, 0.3) is 0 Å². The summed E-state index contributed by atoms with van der Waals surface area (Å²) in [6.07, 6.45) is 0.809. The highest BCUT2D eigenvalue weighted by molar-refractivity contribution is 5.96. The van der Waals surface area contributed by atoms with Crippen molar-refractivity contribution in [2.24, 2.45) is 5.92 Å². The molecule has 0 aliphatic heterocycles. The summed E-state index contributed by atoms with van der Waals surface area (Å²) in [5.74, 6) is -2.39. The second-order valence-corrected chi connectivity index (χ2v) is 4.81. The largest absolute Gasteiger partial charge is 0.481 e. The highest BCUT2D eigenvalue weighted by Crippen LogP contribution is 2.11. The van der Waals surface area contributed by atoms with E-state index in [-0.39, 0.29) is 5.91 Å². The molecule has 1 atom stereocenters. The van der Waals surface area contributed by atoms with E-state index in [0.29, 0.717) is 13.1 Å². The van der Waals surface area contributed by atoms with Gasteiger partial charge in [0, 0.05) is 13.1 Å². The predicted molar refractivity (Wildman–Crippen MR) is 73.7 cm³/mol. The Kier molecular flexibility index (Phi) is 5.55. The summed E-state index contributed by atoms with van der Waals surface area (Å²) in [5, 5.41) is 8.92. The van der Waals surface area contributed by atoms with E-state index >= 15 is 0 Å². The average molecular weight is 263 g/mol. The Morgan fingerprint density at radius 3 is 2.32 bits per heavy atom. The molecule has 0 fully saturated rings. The molecular weight excluding hydrogens is 242 g/mol. The molecule has 104 valence electrons. The third-order valence-corrected chi connectivity index (χ3v) is 3.04. The van der Waals surface area contributed by atoms with Gasteiger partial charge in [-0.15, -0.1) is 0 Å². The molecule has 0 aromatic heterocycles. The molecule has 19 heavy (non-hydrogen) atoms. The highest BCUT2D eigenvalue weighted by atomic mass is 16.4. The molecule has 0 saturated carbocycles. The van der Waals surface area contributed by atoms with Crippen LogP contribution in [0.2, 0.25) is 0 Å². The van der Waals surface area contributed by atoms with E-state index in [1.165, 1.54) is 6.92 Å². The zero-order valence-corrected chi connectivity index (χ0v) is 11.7. The van der Waals surface area contributed by atoms with Gasteiger partial charge in [-0.3, -0.25) is 9.59 Å². The van der Waals surface area contributed by atoms with Gasteiger partial charge >= 0.3 is 5.97 Å². The number of rotatable bonds is 6. The Hall–Kier alpha value is -1.84. The van der Waals surface area contributed by atoms with Gasteiger partial charge in [-0.2, -0.15) is 0 Å². The average Bonchev–Trinajstić information content (AvgIpc) is 2.39. The van der Waals surface area contributed by atoms with Gasteiger partial charge in [-0.05, 0) is 25.8 Å². The molecule has 0 aliphatic rings. The fraction of sp³-hybridized carbons (Fsp3) is 0.467. The van der Waals surface area contributed by atoms with E-state index < -0.39 is 11.9 Å². The zero-order chi connectivity index (χ0) is 14.4. The third-order valence-electron chi connectivity index (χ3n) is 3.04. The predicted octanol–water partition coefficient (Wildman–Crippen LogP) is 2.45. The number of amides is 1. The molecular formula is C15H21NO3. The lowest BCUT2D eigenvalue weighted by Crippen LogP contribution is -2.38. The van der Waals surface area contributed by atoms with Gasteiger partial charge in [-0.1, -0.05) is 36.8 Å². The molecule has 0 saturated heterocycles. The van der Waals surface area contributed by atoms with Crippen LogP contribution in [0.25, 0.3) is 0 Å². The van der Waals surface area contributed by atoms with Crippen molar-refractivity contribution in [1.82, 2.24) is 4.90 Å². The maximum Gasteiger partial charge on any atom is 0.315 e. The van der Waals surface area contributed by atoms with Crippen LogP contribution in [0.5, 0.6) is 0 Å². The molecule has 4 nitrogen and oxygen atoms in total. The lowest BCUT2D eigenvalue weighted by Gasteiger charge is -2.24. The van der Waals surface area contributed by atoms with Gasteiger partial charge in [0.2, 0.25) is 5.91 Å². The topological polar surface area (TPSA) is 57.6 Å². The molecule has 1 aromatic rings. The molecule has 1 rings (SSSR count). The standard InChI is InChI=1S/C15H21NO3/c1-4-9-16(14(17)12(3)15(18)19)10-13-7-5-11(2)6-8-13/h5-8,12H,4,9-10H2,1-3H3,(H,18,19). The van der Waals surface area contributed by atoms with E-state index in [9.17, 15) is 9.59 Å². The number of aliphatic carboxylic acids is 1. The molecule has 4 heteroatoms. The number of nitrogens with zero attached hydrogens (tertiary/aromatic N) is 1. The maximum absolute atomic E-state index is 12.1. The van der Waals surface area contributed by atoms with Crippen molar-refractivity contribution in [1.29, 1.82) is 0 Å². The first-order valence-corrected chi connectivity index (χ1v) is 6.52. The Labute approximate surface area is 114 Å². The number of carbonyl (C=O) groups is 2. The van der Waals surface area contributed by atoms with Crippen LogP contribution in [0.1, 0.15) is 31.4 Å². The molecule has 0 bridgehead atoms. The maximum atomic E-state index is 12.1. The van der Waals surface area contributed by atoms with Crippen LogP contribution in [0, 0.1) is 12.8 Å². The summed E-state index contributed by atoms with van der Waals surface area (Å²) in [7, 11) is 0. The molecule has 0 heterocycles. The second-order valence-electron chi connectivity index (χ2n) is 4.81.